The summed E-state index contributed by atoms with van der Waals surface area (Å²) in [6.07, 6.45) is 0. The fourth-order valence-electron chi connectivity index (χ4n) is 2.54. The summed E-state index contributed by atoms with van der Waals surface area (Å²) in [5.41, 5.74) is 1.62. The number of ether oxygens (including phenoxy) is 3. The Kier molecular flexibility index (Phi) is 4.90. The molecule has 1 heterocycles. The fourth-order valence-corrected chi connectivity index (χ4v) is 2.54. The summed E-state index contributed by atoms with van der Waals surface area (Å²) in [5.74, 6) is 0.395. The zero-order valence-corrected chi connectivity index (χ0v) is 13.9. The van der Waals surface area contributed by atoms with Gasteiger partial charge in [-0.25, -0.2) is 4.79 Å². The van der Waals surface area contributed by atoms with Gasteiger partial charge in [0.05, 0.1) is 31.8 Å². The fraction of sp³-hybridized carbons (Fsp3) is 0.211. The van der Waals surface area contributed by atoms with E-state index >= 15 is 0 Å². The Balaban J connectivity index is 1.75. The average Bonchev–Trinajstić information content (AvgIpc) is 2.97. The summed E-state index contributed by atoms with van der Waals surface area (Å²) in [4.78, 5) is 11.8. The van der Waals surface area contributed by atoms with Crippen LogP contribution in [-0.4, -0.2) is 25.3 Å². The first-order valence-corrected chi connectivity index (χ1v) is 7.66. The van der Waals surface area contributed by atoms with Crippen molar-refractivity contribution < 1.29 is 28.5 Å². The van der Waals surface area contributed by atoms with Crippen LogP contribution in [0.25, 0.3) is 11.0 Å². The molecule has 3 rings (SSSR count). The molecule has 0 fully saturated rings. The van der Waals surface area contributed by atoms with Gasteiger partial charge in [-0.3, -0.25) is 0 Å². The van der Waals surface area contributed by atoms with E-state index in [1.54, 1.807) is 25.3 Å². The molecule has 6 nitrogen and oxygen atoms in total. The van der Waals surface area contributed by atoms with Gasteiger partial charge >= 0.3 is 5.97 Å². The second-order valence-corrected chi connectivity index (χ2v) is 5.39. The molecule has 0 aliphatic carbocycles. The van der Waals surface area contributed by atoms with Crippen LogP contribution in [0.3, 0.4) is 0 Å². The third-order valence-electron chi connectivity index (χ3n) is 3.83. The number of hydrogen-bond donors (Lipinski definition) is 1. The Labute approximate surface area is 144 Å². The predicted octanol–water partition coefficient (Wildman–Crippen LogP) is 3.65. The van der Waals surface area contributed by atoms with Crippen molar-refractivity contribution in [1.29, 1.82) is 0 Å². The highest BCUT2D eigenvalue weighted by molar-refractivity contribution is 6.06. The third kappa shape index (κ3) is 3.44. The Morgan fingerprint density at radius 2 is 1.84 bits per heavy atom. The van der Waals surface area contributed by atoms with Crippen LogP contribution >= 0.6 is 0 Å². The summed E-state index contributed by atoms with van der Waals surface area (Å²) in [7, 11) is 2.90. The number of carbonyl (C=O) groups excluding carboxylic acids is 1. The monoisotopic (exact) mass is 342 g/mol. The van der Waals surface area contributed by atoms with Gasteiger partial charge in [0.25, 0.3) is 0 Å². The zero-order chi connectivity index (χ0) is 17.8. The van der Waals surface area contributed by atoms with Gasteiger partial charge in [0.2, 0.25) is 0 Å². The number of hydrogen-bond acceptors (Lipinski definition) is 6. The van der Waals surface area contributed by atoms with E-state index in [1.807, 2.05) is 24.3 Å². The van der Waals surface area contributed by atoms with Gasteiger partial charge in [-0.15, -0.1) is 0 Å². The van der Waals surface area contributed by atoms with Gasteiger partial charge in [0.1, 0.15) is 17.9 Å². The summed E-state index contributed by atoms with van der Waals surface area (Å²) < 4.78 is 21.1. The van der Waals surface area contributed by atoms with Gasteiger partial charge in [-0.1, -0.05) is 18.2 Å². The maximum Gasteiger partial charge on any atom is 0.338 e. The standard InChI is InChI=1S/C19H18O6/c1-22-13-8-6-12(7-9-13)10-24-11-16-18(20)17-14(19(21)23-2)4-3-5-15(17)25-16/h3-9,20H,10-11H2,1-2H3. The summed E-state index contributed by atoms with van der Waals surface area (Å²) in [5, 5.41) is 10.7. The lowest BCUT2D eigenvalue weighted by atomic mass is 10.1. The molecule has 0 aliphatic heterocycles. The number of esters is 1. The maximum absolute atomic E-state index is 11.8. The molecule has 6 heteroatoms. The lowest BCUT2D eigenvalue weighted by Gasteiger charge is -2.04. The SMILES string of the molecule is COC(=O)c1cccc2oc(COCc3ccc(OC)cc3)c(O)c12. The number of methoxy groups -OCH3 is 2. The largest absolute Gasteiger partial charge is 0.504 e. The number of carbonyl (C=O) groups is 1. The molecule has 1 aromatic heterocycles. The van der Waals surface area contributed by atoms with E-state index < -0.39 is 5.97 Å². The number of fused-ring (bicyclic) bond motifs is 1. The van der Waals surface area contributed by atoms with E-state index in [1.165, 1.54) is 7.11 Å². The van der Waals surface area contributed by atoms with Crippen LogP contribution < -0.4 is 4.74 Å². The lowest BCUT2D eigenvalue weighted by molar-refractivity contribution is 0.0602. The normalized spacial score (nSPS) is 10.8. The van der Waals surface area contributed by atoms with Crippen LogP contribution in [0.5, 0.6) is 11.5 Å². The molecule has 2 aromatic carbocycles. The molecule has 0 saturated heterocycles. The van der Waals surface area contributed by atoms with E-state index in [9.17, 15) is 9.90 Å². The van der Waals surface area contributed by atoms with Crippen molar-refractivity contribution in [3.63, 3.8) is 0 Å². The first-order chi connectivity index (χ1) is 12.1. The van der Waals surface area contributed by atoms with E-state index in [2.05, 4.69) is 0 Å². The van der Waals surface area contributed by atoms with Gasteiger partial charge in [-0.2, -0.15) is 0 Å². The second kappa shape index (κ2) is 7.27. The minimum absolute atomic E-state index is 0.0765. The first kappa shape index (κ1) is 16.9. The second-order valence-electron chi connectivity index (χ2n) is 5.39. The van der Waals surface area contributed by atoms with Crippen molar-refractivity contribution in [2.45, 2.75) is 13.2 Å². The van der Waals surface area contributed by atoms with Crippen LogP contribution in [-0.2, 0) is 22.7 Å². The topological polar surface area (TPSA) is 78.1 Å². The molecule has 0 amide bonds. The zero-order valence-electron chi connectivity index (χ0n) is 13.9. The van der Waals surface area contributed by atoms with Crippen molar-refractivity contribution in [2.24, 2.45) is 0 Å². The highest BCUT2D eigenvalue weighted by atomic mass is 16.5. The quantitative estimate of drug-likeness (QED) is 0.689. The highest BCUT2D eigenvalue weighted by Crippen LogP contribution is 2.35. The van der Waals surface area contributed by atoms with Crippen LogP contribution in [0, 0.1) is 0 Å². The molecule has 0 radical (unpaired) electrons. The summed E-state index contributed by atoms with van der Waals surface area (Å²) >= 11 is 0. The Morgan fingerprint density at radius 1 is 1.08 bits per heavy atom. The highest BCUT2D eigenvalue weighted by Gasteiger charge is 2.20. The molecule has 0 bridgehead atoms. The molecule has 0 aliphatic rings. The molecule has 25 heavy (non-hydrogen) atoms. The molecular formula is C19H18O6. The van der Waals surface area contributed by atoms with Gasteiger partial charge in [-0.05, 0) is 29.8 Å². The van der Waals surface area contributed by atoms with Crippen molar-refractivity contribution in [1.82, 2.24) is 0 Å². The Hall–Kier alpha value is -2.99. The molecule has 0 spiro atoms. The molecule has 130 valence electrons. The first-order valence-electron chi connectivity index (χ1n) is 7.66. The molecule has 0 unspecified atom stereocenters. The van der Waals surface area contributed by atoms with Crippen molar-refractivity contribution in [3.8, 4) is 11.5 Å². The lowest BCUT2D eigenvalue weighted by Crippen LogP contribution is -2.01. The Morgan fingerprint density at radius 3 is 2.52 bits per heavy atom. The smallest absolute Gasteiger partial charge is 0.338 e. The summed E-state index contributed by atoms with van der Waals surface area (Å²) in [6.45, 7) is 0.428. The van der Waals surface area contributed by atoms with Crippen LogP contribution in [0.15, 0.2) is 46.9 Å². The van der Waals surface area contributed by atoms with E-state index in [-0.39, 0.29) is 23.7 Å². The third-order valence-corrected chi connectivity index (χ3v) is 3.83. The van der Waals surface area contributed by atoms with Crippen LogP contribution in [0.2, 0.25) is 0 Å². The van der Waals surface area contributed by atoms with Gasteiger partial charge in [0.15, 0.2) is 11.5 Å². The number of furan rings is 1. The van der Waals surface area contributed by atoms with Crippen LogP contribution in [0.4, 0.5) is 0 Å². The number of benzene rings is 2. The van der Waals surface area contributed by atoms with Crippen molar-refractivity contribution in [3.05, 3.63) is 59.4 Å². The minimum Gasteiger partial charge on any atom is -0.504 e. The molecule has 1 N–H and O–H groups in total. The average molecular weight is 342 g/mol. The molecule has 0 atom stereocenters. The van der Waals surface area contributed by atoms with Crippen molar-refractivity contribution >= 4 is 16.9 Å². The van der Waals surface area contributed by atoms with Gasteiger partial charge in [0, 0.05) is 0 Å². The molecular weight excluding hydrogens is 324 g/mol. The Bertz CT molecular complexity index is 879. The molecule has 0 saturated carbocycles. The van der Waals surface area contributed by atoms with E-state index in [4.69, 9.17) is 18.6 Å². The number of aromatic hydroxyl groups is 1. The van der Waals surface area contributed by atoms with Crippen molar-refractivity contribution in [2.75, 3.05) is 14.2 Å². The van der Waals surface area contributed by atoms with Crippen LogP contribution in [0.1, 0.15) is 21.7 Å². The van der Waals surface area contributed by atoms with Gasteiger partial charge < -0.3 is 23.7 Å². The maximum atomic E-state index is 11.8. The molecule has 3 aromatic rings. The summed E-state index contributed by atoms with van der Waals surface area (Å²) in [6, 6.07) is 12.4. The predicted molar refractivity (Wildman–Crippen MR) is 90.7 cm³/mol. The number of rotatable bonds is 6. The van der Waals surface area contributed by atoms with E-state index in [0.717, 1.165) is 11.3 Å². The van der Waals surface area contributed by atoms with E-state index in [0.29, 0.717) is 17.6 Å². The minimum atomic E-state index is -0.535.